The molecule has 6 nitrogen and oxygen atoms in total. The van der Waals surface area contributed by atoms with Gasteiger partial charge in [0.05, 0.1) is 19.3 Å². The van der Waals surface area contributed by atoms with E-state index in [2.05, 4.69) is 41.3 Å². The van der Waals surface area contributed by atoms with Crippen molar-refractivity contribution >= 4 is 5.96 Å². The second kappa shape index (κ2) is 9.90. The number of methoxy groups -OCH3 is 1. The van der Waals surface area contributed by atoms with Crippen molar-refractivity contribution in [2.75, 3.05) is 53.6 Å². The molecule has 0 bridgehead atoms. The molecule has 1 saturated carbocycles. The second-order valence-corrected chi connectivity index (χ2v) is 8.78. The first-order chi connectivity index (χ1) is 12.4. The van der Waals surface area contributed by atoms with Crippen molar-refractivity contribution < 1.29 is 9.47 Å². The highest BCUT2D eigenvalue weighted by Crippen LogP contribution is 2.33. The minimum absolute atomic E-state index is 0.0962. The number of aliphatic imine (C=N–C) groups is 1. The molecular weight excluding hydrogens is 328 g/mol. The van der Waals surface area contributed by atoms with E-state index in [0.29, 0.717) is 0 Å². The summed E-state index contributed by atoms with van der Waals surface area (Å²) in [6.07, 6.45) is 6.67. The van der Waals surface area contributed by atoms with Gasteiger partial charge in [0.2, 0.25) is 0 Å². The zero-order valence-electron chi connectivity index (χ0n) is 17.6. The molecule has 6 heteroatoms. The van der Waals surface area contributed by atoms with Crippen molar-refractivity contribution in [1.29, 1.82) is 0 Å². The smallest absolute Gasteiger partial charge is 0.191 e. The zero-order chi connectivity index (χ0) is 19.0. The highest BCUT2D eigenvalue weighted by Gasteiger charge is 2.38. The Kier molecular flexibility index (Phi) is 8.17. The summed E-state index contributed by atoms with van der Waals surface area (Å²) in [5.74, 6) is 0.870. The Labute approximate surface area is 160 Å². The van der Waals surface area contributed by atoms with Crippen LogP contribution in [-0.4, -0.2) is 76.1 Å². The van der Waals surface area contributed by atoms with Gasteiger partial charge in [-0.2, -0.15) is 0 Å². The predicted molar refractivity (Wildman–Crippen MR) is 108 cm³/mol. The maximum Gasteiger partial charge on any atom is 0.191 e. The monoisotopic (exact) mass is 368 g/mol. The van der Waals surface area contributed by atoms with Gasteiger partial charge in [0.15, 0.2) is 5.96 Å². The van der Waals surface area contributed by atoms with Crippen LogP contribution in [0.3, 0.4) is 0 Å². The molecule has 0 radical (unpaired) electrons. The number of rotatable bonds is 6. The van der Waals surface area contributed by atoms with Gasteiger partial charge in [-0.05, 0) is 18.3 Å². The fraction of sp³-hybridized carbons (Fsp3) is 0.950. The van der Waals surface area contributed by atoms with Gasteiger partial charge in [-0.3, -0.25) is 9.89 Å². The van der Waals surface area contributed by atoms with Crippen LogP contribution in [0.15, 0.2) is 4.99 Å². The Morgan fingerprint density at radius 2 is 1.81 bits per heavy atom. The lowest BCUT2D eigenvalue weighted by Gasteiger charge is -2.48. The topological polar surface area (TPSA) is 58.1 Å². The van der Waals surface area contributed by atoms with Crippen LogP contribution in [0, 0.1) is 5.41 Å². The van der Waals surface area contributed by atoms with Crippen molar-refractivity contribution in [1.82, 2.24) is 15.5 Å². The van der Waals surface area contributed by atoms with E-state index in [9.17, 15) is 0 Å². The van der Waals surface area contributed by atoms with Crippen molar-refractivity contribution in [3.05, 3.63) is 0 Å². The average Bonchev–Trinajstić information content (AvgIpc) is 2.65. The van der Waals surface area contributed by atoms with Gasteiger partial charge in [0, 0.05) is 45.9 Å². The largest absolute Gasteiger partial charge is 0.379 e. The van der Waals surface area contributed by atoms with Gasteiger partial charge in [-0.25, -0.2) is 0 Å². The minimum atomic E-state index is 0.0962. The third-order valence-electron chi connectivity index (χ3n) is 5.98. The molecule has 26 heavy (non-hydrogen) atoms. The number of hydrogen-bond donors (Lipinski definition) is 2. The summed E-state index contributed by atoms with van der Waals surface area (Å²) in [5.41, 5.74) is 0.337. The number of nitrogens with one attached hydrogen (secondary N) is 2. The number of guanidine groups is 1. The standard InChI is InChI=1S/C20H40N4O2/c1-19(2,3)17(25-5)15-22-18(21-4)23-16-20(9-7-6-8-10-20)24-11-13-26-14-12-24/h17H,6-16H2,1-5H3,(H2,21,22,23). The summed E-state index contributed by atoms with van der Waals surface area (Å²) >= 11 is 0. The molecule has 0 aromatic rings. The van der Waals surface area contributed by atoms with E-state index >= 15 is 0 Å². The molecule has 152 valence electrons. The second-order valence-electron chi connectivity index (χ2n) is 8.78. The first-order valence-corrected chi connectivity index (χ1v) is 10.2. The first kappa shape index (κ1) is 21.5. The summed E-state index contributed by atoms with van der Waals surface area (Å²) in [5, 5.41) is 7.07. The summed E-state index contributed by atoms with van der Waals surface area (Å²) in [6.45, 7) is 12.1. The minimum Gasteiger partial charge on any atom is -0.379 e. The van der Waals surface area contributed by atoms with Gasteiger partial charge >= 0.3 is 0 Å². The van der Waals surface area contributed by atoms with Gasteiger partial charge in [0.1, 0.15) is 0 Å². The van der Waals surface area contributed by atoms with Crippen molar-refractivity contribution in [3.8, 4) is 0 Å². The number of hydrogen-bond acceptors (Lipinski definition) is 4. The van der Waals surface area contributed by atoms with E-state index < -0.39 is 0 Å². The molecule has 1 saturated heterocycles. The van der Waals surface area contributed by atoms with Gasteiger partial charge in [-0.1, -0.05) is 40.0 Å². The lowest BCUT2D eigenvalue weighted by molar-refractivity contribution is -0.0353. The van der Waals surface area contributed by atoms with Gasteiger partial charge < -0.3 is 20.1 Å². The van der Waals surface area contributed by atoms with E-state index in [1.807, 2.05) is 7.05 Å². The molecule has 1 unspecified atom stereocenters. The number of ether oxygens (including phenoxy) is 2. The Morgan fingerprint density at radius 1 is 1.15 bits per heavy atom. The van der Waals surface area contributed by atoms with E-state index in [4.69, 9.17) is 9.47 Å². The van der Waals surface area contributed by atoms with Crippen molar-refractivity contribution in [2.45, 2.75) is 64.5 Å². The zero-order valence-corrected chi connectivity index (χ0v) is 17.6. The van der Waals surface area contributed by atoms with Crippen LogP contribution in [-0.2, 0) is 9.47 Å². The summed E-state index contributed by atoms with van der Waals surface area (Å²) in [6, 6.07) is 0. The molecule has 1 heterocycles. The third kappa shape index (κ3) is 5.83. The van der Waals surface area contributed by atoms with Crippen molar-refractivity contribution in [2.24, 2.45) is 10.4 Å². The number of morpholine rings is 1. The maximum absolute atomic E-state index is 5.65. The summed E-state index contributed by atoms with van der Waals surface area (Å²) in [7, 11) is 3.62. The molecule has 1 aliphatic carbocycles. The molecule has 2 N–H and O–H groups in total. The highest BCUT2D eigenvalue weighted by molar-refractivity contribution is 5.79. The molecular formula is C20H40N4O2. The fourth-order valence-electron chi connectivity index (χ4n) is 4.25. The molecule has 2 aliphatic rings. The molecule has 0 amide bonds. The average molecular weight is 369 g/mol. The molecule has 0 spiro atoms. The summed E-state index contributed by atoms with van der Waals surface area (Å²) < 4.78 is 11.2. The van der Waals surface area contributed by atoms with Crippen LogP contribution in [0.4, 0.5) is 0 Å². The molecule has 0 aromatic heterocycles. The lowest BCUT2D eigenvalue weighted by atomic mass is 9.80. The van der Waals surface area contributed by atoms with Crippen molar-refractivity contribution in [3.63, 3.8) is 0 Å². The van der Waals surface area contributed by atoms with E-state index in [1.54, 1.807) is 7.11 Å². The molecule has 1 atom stereocenters. The van der Waals surface area contributed by atoms with Crippen LogP contribution >= 0.6 is 0 Å². The van der Waals surface area contributed by atoms with Crippen LogP contribution in [0.1, 0.15) is 52.9 Å². The van der Waals surface area contributed by atoms with Crippen LogP contribution < -0.4 is 10.6 Å². The van der Waals surface area contributed by atoms with E-state index in [0.717, 1.165) is 45.4 Å². The third-order valence-corrected chi connectivity index (χ3v) is 5.98. The van der Waals surface area contributed by atoms with E-state index in [-0.39, 0.29) is 17.1 Å². The Balaban J connectivity index is 1.93. The van der Waals surface area contributed by atoms with Crippen LogP contribution in [0.5, 0.6) is 0 Å². The number of nitrogens with zero attached hydrogens (tertiary/aromatic N) is 2. The van der Waals surface area contributed by atoms with Crippen LogP contribution in [0.25, 0.3) is 0 Å². The van der Waals surface area contributed by atoms with Crippen LogP contribution in [0.2, 0.25) is 0 Å². The maximum atomic E-state index is 5.65. The molecule has 2 rings (SSSR count). The Bertz CT molecular complexity index is 436. The van der Waals surface area contributed by atoms with Gasteiger partial charge in [0.25, 0.3) is 0 Å². The van der Waals surface area contributed by atoms with Gasteiger partial charge in [-0.15, -0.1) is 0 Å². The summed E-state index contributed by atoms with van der Waals surface area (Å²) in [4.78, 5) is 7.09. The lowest BCUT2D eigenvalue weighted by Crippen LogP contribution is -2.60. The first-order valence-electron chi connectivity index (χ1n) is 10.2. The molecule has 0 aromatic carbocycles. The van der Waals surface area contributed by atoms with E-state index in [1.165, 1.54) is 32.1 Å². The fourth-order valence-corrected chi connectivity index (χ4v) is 4.25. The Hall–Kier alpha value is -0.850. The quantitative estimate of drug-likeness (QED) is 0.556. The highest BCUT2D eigenvalue weighted by atomic mass is 16.5. The molecule has 1 aliphatic heterocycles. The SMILES string of the molecule is CN=C(NCC(OC)C(C)(C)C)NCC1(N2CCOCC2)CCCCC1. The Morgan fingerprint density at radius 3 is 2.35 bits per heavy atom. The predicted octanol–water partition coefficient (Wildman–Crippen LogP) is 2.25. The normalized spacial score (nSPS) is 23.5. The molecule has 2 fully saturated rings.